The number of aliphatic imine (C=N–C) groups is 1. The molecule has 0 bridgehead atoms. The molecular weight excluding hydrogens is 392 g/mol. The lowest BCUT2D eigenvalue weighted by Gasteiger charge is -2.21. The lowest BCUT2D eigenvalue weighted by atomic mass is 10.1. The summed E-state index contributed by atoms with van der Waals surface area (Å²) in [6.07, 6.45) is 7.39. The standard InChI is InChI=1S/C23H32N6O2/c1-24-23(26-19-11-13-28(16-19)22(30)17-5-3-4-6-17)25-15-18-12-14-29(27-18)20-7-9-21(31-2)10-8-20/h7-10,12,14,17,19H,3-6,11,13,15-16H2,1-2H3,(H2,24,25,26). The van der Waals surface area contributed by atoms with E-state index in [-0.39, 0.29) is 12.0 Å². The van der Waals surface area contributed by atoms with Crippen molar-refractivity contribution in [2.75, 3.05) is 27.2 Å². The minimum atomic E-state index is 0.230. The molecule has 2 aliphatic rings. The van der Waals surface area contributed by atoms with Gasteiger partial charge in [-0.05, 0) is 49.6 Å². The number of nitrogens with one attached hydrogen (secondary N) is 2. The molecule has 1 aromatic carbocycles. The summed E-state index contributed by atoms with van der Waals surface area (Å²) in [5, 5.41) is 11.4. The zero-order valence-corrected chi connectivity index (χ0v) is 18.4. The molecule has 1 aromatic heterocycles. The van der Waals surface area contributed by atoms with E-state index in [1.165, 1.54) is 12.8 Å². The number of ether oxygens (including phenoxy) is 1. The molecule has 1 aliphatic carbocycles. The Labute approximate surface area is 183 Å². The zero-order valence-electron chi connectivity index (χ0n) is 18.4. The molecule has 1 saturated carbocycles. The Morgan fingerprint density at radius 3 is 2.68 bits per heavy atom. The third-order valence-electron chi connectivity index (χ3n) is 6.19. The number of methoxy groups -OCH3 is 1. The molecule has 2 aromatic rings. The first-order valence-electron chi connectivity index (χ1n) is 11.1. The van der Waals surface area contributed by atoms with Gasteiger partial charge < -0.3 is 20.3 Å². The molecule has 1 saturated heterocycles. The average molecular weight is 425 g/mol. The molecule has 1 atom stereocenters. The second-order valence-electron chi connectivity index (χ2n) is 8.27. The van der Waals surface area contributed by atoms with E-state index in [9.17, 15) is 4.79 Å². The Hall–Kier alpha value is -3.03. The van der Waals surface area contributed by atoms with Gasteiger partial charge in [0.1, 0.15) is 5.75 Å². The fraction of sp³-hybridized carbons (Fsp3) is 0.522. The predicted octanol–water partition coefficient (Wildman–Crippen LogP) is 2.34. The molecule has 166 valence electrons. The van der Waals surface area contributed by atoms with Crippen LogP contribution in [0.2, 0.25) is 0 Å². The monoisotopic (exact) mass is 424 g/mol. The van der Waals surface area contributed by atoms with Crippen LogP contribution in [0.15, 0.2) is 41.5 Å². The Morgan fingerprint density at radius 1 is 1.19 bits per heavy atom. The van der Waals surface area contributed by atoms with Crippen LogP contribution in [0.5, 0.6) is 5.75 Å². The van der Waals surface area contributed by atoms with Gasteiger partial charge >= 0.3 is 0 Å². The first-order chi connectivity index (χ1) is 15.2. The number of benzene rings is 1. The van der Waals surface area contributed by atoms with E-state index in [0.29, 0.717) is 12.5 Å². The Bertz CT molecular complexity index is 901. The summed E-state index contributed by atoms with van der Waals surface area (Å²) >= 11 is 0. The number of carbonyl (C=O) groups excluding carboxylic acids is 1. The van der Waals surface area contributed by atoms with E-state index < -0.39 is 0 Å². The number of nitrogens with zero attached hydrogens (tertiary/aromatic N) is 4. The Morgan fingerprint density at radius 2 is 1.97 bits per heavy atom. The molecule has 2 heterocycles. The van der Waals surface area contributed by atoms with Crippen LogP contribution < -0.4 is 15.4 Å². The minimum Gasteiger partial charge on any atom is -0.497 e. The van der Waals surface area contributed by atoms with Gasteiger partial charge in [0.25, 0.3) is 0 Å². The van der Waals surface area contributed by atoms with Crippen LogP contribution >= 0.6 is 0 Å². The maximum absolute atomic E-state index is 12.6. The number of likely N-dealkylation sites (tertiary alicyclic amines) is 1. The van der Waals surface area contributed by atoms with Gasteiger partial charge in [-0.25, -0.2) is 4.68 Å². The summed E-state index contributed by atoms with van der Waals surface area (Å²) < 4.78 is 7.05. The van der Waals surface area contributed by atoms with Crippen molar-refractivity contribution in [3.8, 4) is 11.4 Å². The van der Waals surface area contributed by atoms with Gasteiger partial charge in [-0.2, -0.15) is 5.10 Å². The van der Waals surface area contributed by atoms with Gasteiger partial charge in [0.05, 0.1) is 25.0 Å². The number of amides is 1. The second kappa shape index (κ2) is 9.85. The highest BCUT2D eigenvalue weighted by Gasteiger charge is 2.32. The maximum Gasteiger partial charge on any atom is 0.225 e. The largest absolute Gasteiger partial charge is 0.497 e. The fourth-order valence-electron chi connectivity index (χ4n) is 4.41. The Kier molecular flexibility index (Phi) is 6.74. The lowest BCUT2D eigenvalue weighted by molar-refractivity contribution is -0.134. The molecule has 0 radical (unpaired) electrons. The SMILES string of the molecule is CN=C(NCc1ccn(-c2ccc(OC)cc2)n1)NC1CCN(C(=O)C2CCCC2)C1. The van der Waals surface area contributed by atoms with E-state index in [0.717, 1.165) is 55.4 Å². The molecule has 31 heavy (non-hydrogen) atoms. The molecule has 8 heteroatoms. The van der Waals surface area contributed by atoms with Gasteiger partial charge in [-0.3, -0.25) is 9.79 Å². The van der Waals surface area contributed by atoms with Crippen molar-refractivity contribution in [1.82, 2.24) is 25.3 Å². The normalized spacial score (nSPS) is 19.6. The van der Waals surface area contributed by atoms with Crippen LogP contribution in [0.1, 0.15) is 37.8 Å². The van der Waals surface area contributed by atoms with Crippen LogP contribution in [0, 0.1) is 5.92 Å². The van der Waals surface area contributed by atoms with Crippen LogP contribution in [0.3, 0.4) is 0 Å². The first kappa shape index (κ1) is 21.2. The van der Waals surface area contributed by atoms with Crippen molar-refractivity contribution in [1.29, 1.82) is 0 Å². The third-order valence-corrected chi connectivity index (χ3v) is 6.19. The van der Waals surface area contributed by atoms with Crippen LogP contribution in [0.25, 0.3) is 5.69 Å². The maximum atomic E-state index is 12.6. The van der Waals surface area contributed by atoms with Gasteiger partial charge in [0.15, 0.2) is 5.96 Å². The van der Waals surface area contributed by atoms with E-state index in [1.54, 1.807) is 14.2 Å². The van der Waals surface area contributed by atoms with Gasteiger partial charge in [0, 0.05) is 38.3 Å². The third kappa shape index (κ3) is 5.18. The molecule has 0 spiro atoms. The van der Waals surface area contributed by atoms with Gasteiger partial charge in [0.2, 0.25) is 5.91 Å². The van der Waals surface area contributed by atoms with E-state index >= 15 is 0 Å². The minimum absolute atomic E-state index is 0.230. The molecule has 2 fully saturated rings. The predicted molar refractivity (Wildman–Crippen MR) is 120 cm³/mol. The Balaban J connectivity index is 1.26. The smallest absolute Gasteiger partial charge is 0.225 e. The number of hydrogen-bond donors (Lipinski definition) is 2. The summed E-state index contributed by atoms with van der Waals surface area (Å²) in [6, 6.07) is 10.0. The summed E-state index contributed by atoms with van der Waals surface area (Å²) in [7, 11) is 3.42. The van der Waals surface area contributed by atoms with Crippen molar-refractivity contribution in [3.05, 3.63) is 42.2 Å². The highest BCUT2D eigenvalue weighted by Crippen LogP contribution is 2.27. The number of rotatable bonds is 6. The van der Waals surface area contributed by atoms with Crippen molar-refractivity contribution in [3.63, 3.8) is 0 Å². The molecule has 1 aliphatic heterocycles. The number of hydrogen-bond acceptors (Lipinski definition) is 4. The molecule has 2 N–H and O–H groups in total. The summed E-state index contributed by atoms with van der Waals surface area (Å²) in [5.74, 6) is 2.15. The molecule has 1 amide bonds. The van der Waals surface area contributed by atoms with E-state index in [2.05, 4.69) is 20.7 Å². The average Bonchev–Trinajstić information content (AvgIpc) is 3.58. The number of guanidine groups is 1. The zero-order chi connectivity index (χ0) is 21.6. The first-order valence-corrected chi connectivity index (χ1v) is 11.1. The van der Waals surface area contributed by atoms with Crippen LogP contribution in [-0.2, 0) is 11.3 Å². The van der Waals surface area contributed by atoms with Gasteiger partial charge in [-0.1, -0.05) is 12.8 Å². The number of aromatic nitrogens is 2. The molecule has 8 nitrogen and oxygen atoms in total. The van der Waals surface area contributed by atoms with Crippen LogP contribution in [0.4, 0.5) is 0 Å². The molecule has 1 unspecified atom stereocenters. The highest BCUT2D eigenvalue weighted by molar-refractivity contribution is 5.81. The highest BCUT2D eigenvalue weighted by atomic mass is 16.5. The van der Waals surface area contributed by atoms with Crippen molar-refractivity contribution < 1.29 is 9.53 Å². The summed E-state index contributed by atoms with van der Waals surface area (Å²) in [4.78, 5) is 19.0. The van der Waals surface area contributed by atoms with Crippen molar-refractivity contribution in [2.45, 2.75) is 44.7 Å². The topological polar surface area (TPSA) is 83.8 Å². The van der Waals surface area contributed by atoms with Gasteiger partial charge in [-0.15, -0.1) is 0 Å². The number of carbonyl (C=O) groups is 1. The molecule has 4 rings (SSSR count). The fourth-order valence-corrected chi connectivity index (χ4v) is 4.41. The second-order valence-corrected chi connectivity index (χ2v) is 8.27. The summed E-state index contributed by atoms with van der Waals surface area (Å²) in [5.41, 5.74) is 1.90. The van der Waals surface area contributed by atoms with Crippen LogP contribution in [-0.4, -0.2) is 59.8 Å². The quantitative estimate of drug-likeness (QED) is 0.549. The van der Waals surface area contributed by atoms with E-state index in [4.69, 9.17) is 4.74 Å². The molecular formula is C23H32N6O2. The van der Waals surface area contributed by atoms with Crippen molar-refractivity contribution in [2.24, 2.45) is 10.9 Å². The van der Waals surface area contributed by atoms with E-state index in [1.807, 2.05) is 46.1 Å². The summed E-state index contributed by atoms with van der Waals surface area (Å²) in [6.45, 7) is 2.15. The van der Waals surface area contributed by atoms with Crippen molar-refractivity contribution >= 4 is 11.9 Å². The lowest BCUT2D eigenvalue weighted by Crippen LogP contribution is -2.45.